The number of carbonyl (C=O) groups is 2. The highest BCUT2D eigenvalue weighted by Gasteiger charge is 2.15. The van der Waals surface area contributed by atoms with Crippen LogP contribution in [0.5, 0.6) is 11.5 Å². The van der Waals surface area contributed by atoms with Crippen LogP contribution in [0, 0.1) is 13.8 Å². The van der Waals surface area contributed by atoms with E-state index in [-0.39, 0.29) is 18.2 Å². The molecule has 0 saturated carbocycles. The third-order valence-corrected chi connectivity index (χ3v) is 6.09. The van der Waals surface area contributed by atoms with Gasteiger partial charge in [-0.15, -0.1) is 0 Å². The van der Waals surface area contributed by atoms with Gasteiger partial charge in [0.25, 0.3) is 11.8 Å². The normalized spacial score (nSPS) is 10.6. The SMILES string of the molecule is COc1ccc(/C=N/NC(=O)C(NC(=O)c2ccccc2)=C(C)C)cc1COc1cc(C)c(Cl)c(C)c1. The lowest BCUT2D eigenvalue weighted by Crippen LogP contribution is -2.33. The quantitative estimate of drug-likeness (QED) is 0.215. The van der Waals surface area contributed by atoms with Crippen molar-refractivity contribution in [2.24, 2.45) is 5.10 Å². The number of hydrogen-bond acceptors (Lipinski definition) is 5. The van der Waals surface area contributed by atoms with Crippen molar-refractivity contribution >= 4 is 29.6 Å². The van der Waals surface area contributed by atoms with Crippen molar-refractivity contribution in [1.82, 2.24) is 10.7 Å². The Hall–Kier alpha value is -4.10. The fourth-order valence-corrected chi connectivity index (χ4v) is 3.66. The number of nitrogens with one attached hydrogen (secondary N) is 2. The molecule has 0 unspecified atom stereocenters. The Balaban J connectivity index is 1.68. The predicted octanol–water partition coefficient (Wildman–Crippen LogP) is 5.72. The van der Waals surface area contributed by atoms with Crippen molar-refractivity contribution in [2.45, 2.75) is 34.3 Å². The third kappa shape index (κ3) is 7.44. The van der Waals surface area contributed by atoms with E-state index in [2.05, 4.69) is 15.8 Å². The van der Waals surface area contributed by atoms with Crippen LogP contribution < -0.4 is 20.2 Å². The molecule has 0 radical (unpaired) electrons. The summed E-state index contributed by atoms with van der Waals surface area (Å²) in [4.78, 5) is 25.2. The number of aryl methyl sites for hydroxylation is 2. The molecule has 0 aromatic heterocycles. The molecular formula is C29H30ClN3O4. The molecule has 3 rings (SSSR count). The lowest BCUT2D eigenvalue weighted by molar-refractivity contribution is -0.117. The number of amides is 2. The molecule has 3 aromatic carbocycles. The molecule has 0 aliphatic rings. The molecule has 0 spiro atoms. The minimum absolute atomic E-state index is 0.142. The Bertz CT molecular complexity index is 1320. The van der Waals surface area contributed by atoms with E-state index in [4.69, 9.17) is 21.1 Å². The second-order valence-corrected chi connectivity index (χ2v) is 9.00. The molecule has 0 aliphatic carbocycles. The molecule has 0 fully saturated rings. The molecule has 7 nitrogen and oxygen atoms in total. The van der Waals surface area contributed by atoms with E-state index in [1.54, 1.807) is 45.2 Å². The number of nitrogens with zero attached hydrogens (tertiary/aromatic N) is 1. The fourth-order valence-electron chi connectivity index (χ4n) is 3.55. The molecule has 8 heteroatoms. The number of carbonyl (C=O) groups excluding carboxylic acids is 2. The van der Waals surface area contributed by atoms with Gasteiger partial charge in [-0.1, -0.05) is 29.8 Å². The van der Waals surface area contributed by atoms with E-state index in [1.165, 1.54) is 6.21 Å². The molecule has 0 aliphatic heterocycles. The number of methoxy groups -OCH3 is 1. The Kier molecular flexibility index (Phi) is 9.46. The molecule has 0 heterocycles. The van der Waals surface area contributed by atoms with Gasteiger partial charge in [0.15, 0.2) is 0 Å². The van der Waals surface area contributed by atoms with Crippen molar-refractivity contribution in [2.75, 3.05) is 7.11 Å². The number of hydrogen-bond donors (Lipinski definition) is 2. The molecule has 2 amide bonds. The molecule has 0 atom stereocenters. The number of rotatable bonds is 9. The Labute approximate surface area is 222 Å². The summed E-state index contributed by atoms with van der Waals surface area (Å²) in [6, 6.07) is 17.9. The van der Waals surface area contributed by atoms with Crippen LogP contribution in [0.2, 0.25) is 5.02 Å². The van der Waals surface area contributed by atoms with Gasteiger partial charge in [0.2, 0.25) is 0 Å². The zero-order valence-electron chi connectivity index (χ0n) is 21.5. The number of halogens is 1. The van der Waals surface area contributed by atoms with Crippen molar-refractivity contribution in [3.63, 3.8) is 0 Å². The summed E-state index contributed by atoms with van der Waals surface area (Å²) in [6.45, 7) is 7.61. The summed E-state index contributed by atoms with van der Waals surface area (Å²) < 4.78 is 11.4. The van der Waals surface area contributed by atoms with Gasteiger partial charge in [-0.25, -0.2) is 5.43 Å². The van der Waals surface area contributed by atoms with Crippen molar-refractivity contribution < 1.29 is 19.1 Å². The summed E-state index contributed by atoms with van der Waals surface area (Å²) in [6.07, 6.45) is 1.51. The number of hydrazone groups is 1. The van der Waals surface area contributed by atoms with Gasteiger partial charge in [0.1, 0.15) is 23.8 Å². The molecule has 192 valence electrons. The molecule has 2 N–H and O–H groups in total. The molecule has 3 aromatic rings. The average molecular weight is 520 g/mol. The Morgan fingerprint density at radius 1 is 1.00 bits per heavy atom. The Morgan fingerprint density at radius 3 is 2.30 bits per heavy atom. The minimum atomic E-state index is -0.522. The maximum absolute atomic E-state index is 12.7. The first-order valence-electron chi connectivity index (χ1n) is 11.6. The van der Waals surface area contributed by atoms with Gasteiger partial charge in [-0.3, -0.25) is 9.59 Å². The first kappa shape index (κ1) is 27.5. The smallest absolute Gasteiger partial charge is 0.287 e. The standard InChI is InChI=1S/C29H30ClN3O4/c1-18(2)27(32-28(34)22-9-7-6-8-10-22)29(35)33-31-16-21-11-12-25(36-5)23(15-21)17-37-24-13-19(3)26(30)20(4)14-24/h6-16H,17H2,1-5H3,(H,32,34)(H,33,35)/b31-16+. The van der Waals surface area contributed by atoms with E-state index in [1.807, 2.05) is 50.2 Å². The van der Waals surface area contributed by atoms with Crippen molar-refractivity contribution in [3.8, 4) is 11.5 Å². The number of benzene rings is 3. The third-order valence-electron chi connectivity index (χ3n) is 5.49. The average Bonchev–Trinajstić information content (AvgIpc) is 2.89. The minimum Gasteiger partial charge on any atom is -0.496 e. The zero-order chi connectivity index (χ0) is 26.9. The highest BCUT2D eigenvalue weighted by Crippen LogP contribution is 2.27. The maximum Gasteiger partial charge on any atom is 0.287 e. The van der Waals surface area contributed by atoms with Gasteiger partial charge in [0.05, 0.1) is 13.3 Å². The first-order valence-corrected chi connectivity index (χ1v) is 12.0. The Morgan fingerprint density at radius 2 is 1.68 bits per heavy atom. The summed E-state index contributed by atoms with van der Waals surface area (Å²) in [5.74, 6) is 0.478. The van der Waals surface area contributed by atoms with Crippen LogP contribution in [0.3, 0.4) is 0 Å². The van der Waals surface area contributed by atoms with Crippen molar-refractivity contribution in [3.05, 3.63) is 105 Å². The van der Waals surface area contributed by atoms with E-state index in [9.17, 15) is 9.59 Å². The second kappa shape index (κ2) is 12.7. The van der Waals surface area contributed by atoms with Crippen molar-refractivity contribution in [1.29, 1.82) is 0 Å². The van der Waals surface area contributed by atoms with Gasteiger partial charge < -0.3 is 14.8 Å². The topological polar surface area (TPSA) is 89.0 Å². The summed E-state index contributed by atoms with van der Waals surface area (Å²) >= 11 is 6.25. The highest BCUT2D eigenvalue weighted by atomic mass is 35.5. The fraction of sp³-hybridized carbons (Fsp3) is 0.207. The van der Waals surface area contributed by atoms with E-state index >= 15 is 0 Å². The summed E-state index contributed by atoms with van der Waals surface area (Å²) in [5.41, 5.74) is 7.14. The number of ether oxygens (including phenoxy) is 2. The van der Waals surface area contributed by atoms with Gasteiger partial charge in [-0.2, -0.15) is 5.10 Å². The van der Waals surface area contributed by atoms with Gasteiger partial charge in [-0.05, 0) is 92.4 Å². The molecule has 0 saturated heterocycles. The van der Waals surface area contributed by atoms with Gasteiger partial charge in [0, 0.05) is 16.1 Å². The monoisotopic (exact) mass is 519 g/mol. The zero-order valence-corrected chi connectivity index (χ0v) is 22.3. The van der Waals surface area contributed by atoms with Gasteiger partial charge >= 0.3 is 0 Å². The maximum atomic E-state index is 12.7. The van der Waals surface area contributed by atoms with Crippen LogP contribution in [-0.4, -0.2) is 25.1 Å². The van der Waals surface area contributed by atoms with Crippen LogP contribution in [0.25, 0.3) is 0 Å². The largest absolute Gasteiger partial charge is 0.496 e. The van der Waals surface area contributed by atoms with E-state index in [0.717, 1.165) is 27.3 Å². The number of allylic oxidation sites excluding steroid dienone is 1. The van der Waals surface area contributed by atoms with Crippen LogP contribution in [0.4, 0.5) is 0 Å². The first-order chi connectivity index (χ1) is 17.7. The summed E-state index contributed by atoms with van der Waals surface area (Å²) in [5, 5.41) is 7.45. The highest BCUT2D eigenvalue weighted by molar-refractivity contribution is 6.32. The van der Waals surface area contributed by atoms with E-state index in [0.29, 0.717) is 22.6 Å². The molecule has 0 bridgehead atoms. The lowest BCUT2D eigenvalue weighted by atomic mass is 10.1. The second-order valence-electron chi connectivity index (χ2n) is 8.63. The summed E-state index contributed by atoms with van der Waals surface area (Å²) in [7, 11) is 1.59. The lowest BCUT2D eigenvalue weighted by Gasteiger charge is -2.13. The predicted molar refractivity (Wildman–Crippen MR) is 146 cm³/mol. The van der Waals surface area contributed by atoms with Crippen LogP contribution in [-0.2, 0) is 11.4 Å². The van der Waals surface area contributed by atoms with Crippen LogP contribution in [0.1, 0.15) is 46.5 Å². The molecule has 37 heavy (non-hydrogen) atoms. The van der Waals surface area contributed by atoms with Crippen LogP contribution in [0.15, 0.2) is 77.0 Å². The van der Waals surface area contributed by atoms with E-state index < -0.39 is 5.91 Å². The molecular weight excluding hydrogens is 490 g/mol. The van der Waals surface area contributed by atoms with Crippen LogP contribution >= 0.6 is 11.6 Å².